The monoisotopic (exact) mass is 268 g/mol. The molecule has 0 aliphatic carbocycles. The number of nitrogens with zero attached hydrogens (tertiary/aromatic N) is 1. The Balaban J connectivity index is 1.88. The molecule has 0 unspecified atom stereocenters. The van der Waals surface area contributed by atoms with Crippen LogP contribution in [0.5, 0.6) is 0 Å². The quantitative estimate of drug-likeness (QED) is 0.850. The lowest BCUT2D eigenvalue weighted by molar-refractivity contribution is 0.159. The second-order valence-electron chi connectivity index (χ2n) is 5.23. The summed E-state index contributed by atoms with van der Waals surface area (Å²) in [4.78, 5) is 2.36. The number of likely N-dealkylation sites (tertiary alicyclic amines) is 1. The van der Waals surface area contributed by atoms with Gasteiger partial charge in [0.05, 0.1) is 6.04 Å². The number of anilines is 1. The molecular formula is C15H22F2N2. The molecule has 1 saturated heterocycles. The highest BCUT2D eigenvalue weighted by molar-refractivity contribution is 5.47. The van der Waals surface area contributed by atoms with Crippen LogP contribution >= 0.6 is 0 Å². The molecule has 1 heterocycles. The predicted molar refractivity (Wildman–Crippen MR) is 74.5 cm³/mol. The summed E-state index contributed by atoms with van der Waals surface area (Å²) < 4.78 is 27.3. The molecule has 2 rings (SSSR count). The van der Waals surface area contributed by atoms with Crippen LogP contribution in [-0.4, -0.2) is 30.6 Å². The third-order valence-electron chi connectivity index (χ3n) is 3.65. The summed E-state index contributed by atoms with van der Waals surface area (Å²) >= 11 is 0. The molecule has 2 nitrogen and oxygen atoms in total. The molecule has 0 atom stereocenters. The van der Waals surface area contributed by atoms with E-state index in [4.69, 9.17) is 0 Å². The minimum absolute atomic E-state index is 0.170. The molecule has 1 aliphatic heterocycles. The highest BCUT2D eigenvalue weighted by Gasteiger charge is 2.26. The van der Waals surface area contributed by atoms with E-state index in [1.54, 1.807) is 6.92 Å². The van der Waals surface area contributed by atoms with E-state index in [-0.39, 0.29) is 5.56 Å². The van der Waals surface area contributed by atoms with Gasteiger partial charge in [0.25, 0.3) is 0 Å². The van der Waals surface area contributed by atoms with Crippen LogP contribution in [-0.2, 0) is 6.42 Å². The van der Waals surface area contributed by atoms with Crippen molar-refractivity contribution in [3.63, 3.8) is 0 Å². The van der Waals surface area contributed by atoms with Crippen molar-refractivity contribution >= 4 is 5.69 Å². The molecule has 1 aromatic carbocycles. The van der Waals surface area contributed by atoms with Gasteiger partial charge in [0.1, 0.15) is 11.6 Å². The second kappa shape index (κ2) is 6.33. The van der Waals surface area contributed by atoms with Crippen molar-refractivity contribution in [3.05, 3.63) is 29.3 Å². The maximum absolute atomic E-state index is 13.6. The van der Waals surface area contributed by atoms with Crippen LogP contribution in [0.4, 0.5) is 14.5 Å². The van der Waals surface area contributed by atoms with E-state index < -0.39 is 11.6 Å². The van der Waals surface area contributed by atoms with Gasteiger partial charge in [0.2, 0.25) is 0 Å². The summed E-state index contributed by atoms with van der Waals surface area (Å²) in [7, 11) is 0. The van der Waals surface area contributed by atoms with Gasteiger partial charge >= 0.3 is 0 Å². The van der Waals surface area contributed by atoms with Crippen LogP contribution in [0.2, 0.25) is 0 Å². The number of hydrogen-bond acceptors (Lipinski definition) is 2. The molecule has 1 N–H and O–H groups in total. The minimum atomic E-state index is -0.452. The van der Waals surface area contributed by atoms with Gasteiger partial charge < -0.3 is 5.32 Å². The molecule has 0 spiro atoms. The summed E-state index contributed by atoms with van der Waals surface area (Å²) in [5, 5.41) is 3.20. The Morgan fingerprint density at radius 2 is 1.84 bits per heavy atom. The fourth-order valence-electron chi connectivity index (χ4n) is 2.49. The molecule has 0 saturated carbocycles. The lowest BCUT2D eigenvalue weighted by Crippen LogP contribution is -2.54. The minimum Gasteiger partial charge on any atom is -0.380 e. The van der Waals surface area contributed by atoms with Gasteiger partial charge in [-0.15, -0.1) is 0 Å². The van der Waals surface area contributed by atoms with Crippen molar-refractivity contribution in [1.82, 2.24) is 4.90 Å². The van der Waals surface area contributed by atoms with Crippen molar-refractivity contribution in [2.75, 3.05) is 25.0 Å². The smallest absolute Gasteiger partial charge is 0.131 e. The van der Waals surface area contributed by atoms with E-state index in [1.165, 1.54) is 25.0 Å². The Morgan fingerprint density at radius 3 is 2.37 bits per heavy atom. The second-order valence-corrected chi connectivity index (χ2v) is 5.23. The highest BCUT2D eigenvalue weighted by atomic mass is 19.1. The molecule has 0 amide bonds. The normalized spacial score (nSPS) is 16.4. The molecule has 0 radical (unpaired) electrons. The molecule has 0 bridgehead atoms. The van der Waals surface area contributed by atoms with Gasteiger partial charge in [-0.1, -0.05) is 20.3 Å². The maximum atomic E-state index is 13.6. The first-order valence-electron chi connectivity index (χ1n) is 7.10. The first kappa shape index (κ1) is 14.3. The average molecular weight is 268 g/mol. The molecule has 19 heavy (non-hydrogen) atoms. The molecule has 0 aromatic heterocycles. The average Bonchev–Trinajstić information content (AvgIpc) is 2.31. The number of hydrogen-bond donors (Lipinski definition) is 1. The zero-order chi connectivity index (χ0) is 13.8. The van der Waals surface area contributed by atoms with Crippen LogP contribution in [0.15, 0.2) is 12.1 Å². The molecule has 4 heteroatoms. The SMILES string of the molecule is CCCCN1CC(Nc2cc(F)c(CC)c(F)c2)C1. The topological polar surface area (TPSA) is 15.3 Å². The molecule has 106 valence electrons. The maximum Gasteiger partial charge on any atom is 0.131 e. The third kappa shape index (κ3) is 3.44. The van der Waals surface area contributed by atoms with Gasteiger partial charge in [0.15, 0.2) is 0 Å². The van der Waals surface area contributed by atoms with Crippen LogP contribution < -0.4 is 5.32 Å². The van der Waals surface area contributed by atoms with E-state index in [0.717, 1.165) is 19.6 Å². The summed E-state index contributed by atoms with van der Waals surface area (Å²) in [5.74, 6) is -0.903. The van der Waals surface area contributed by atoms with E-state index in [0.29, 0.717) is 18.2 Å². The Morgan fingerprint density at radius 1 is 1.21 bits per heavy atom. The lowest BCUT2D eigenvalue weighted by atomic mass is 10.1. The van der Waals surface area contributed by atoms with E-state index >= 15 is 0 Å². The van der Waals surface area contributed by atoms with Gasteiger partial charge in [-0.3, -0.25) is 4.90 Å². The molecule has 1 aliphatic rings. The largest absolute Gasteiger partial charge is 0.380 e. The predicted octanol–water partition coefficient (Wildman–Crippen LogP) is 3.42. The van der Waals surface area contributed by atoms with Crippen LogP contribution in [0, 0.1) is 11.6 Å². The Kier molecular flexibility index (Phi) is 4.75. The van der Waals surface area contributed by atoms with E-state index in [1.807, 2.05) is 0 Å². The number of rotatable bonds is 6. The van der Waals surface area contributed by atoms with Crippen molar-refractivity contribution < 1.29 is 8.78 Å². The fourth-order valence-corrected chi connectivity index (χ4v) is 2.49. The zero-order valence-electron chi connectivity index (χ0n) is 11.7. The highest BCUT2D eigenvalue weighted by Crippen LogP contribution is 2.22. The summed E-state index contributed by atoms with van der Waals surface area (Å²) in [6.07, 6.45) is 2.79. The zero-order valence-corrected chi connectivity index (χ0v) is 11.7. The number of nitrogens with one attached hydrogen (secondary N) is 1. The third-order valence-corrected chi connectivity index (χ3v) is 3.65. The molecule has 1 aromatic rings. The van der Waals surface area contributed by atoms with Gasteiger partial charge in [-0.2, -0.15) is 0 Å². The van der Waals surface area contributed by atoms with Crippen molar-refractivity contribution in [2.45, 2.75) is 39.2 Å². The Labute approximate surface area is 113 Å². The van der Waals surface area contributed by atoms with Gasteiger partial charge in [-0.05, 0) is 31.5 Å². The van der Waals surface area contributed by atoms with Crippen LogP contribution in [0.1, 0.15) is 32.3 Å². The van der Waals surface area contributed by atoms with Crippen LogP contribution in [0.25, 0.3) is 0 Å². The van der Waals surface area contributed by atoms with Crippen LogP contribution in [0.3, 0.4) is 0 Å². The standard InChI is InChI=1S/C15H22F2N2/c1-3-5-6-19-9-12(10-19)18-11-7-14(16)13(4-2)15(17)8-11/h7-8,12,18H,3-6,9-10H2,1-2H3. The van der Waals surface area contributed by atoms with Gasteiger partial charge in [-0.25, -0.2) is 8.78 Å². The van der Waals surface area contributed by atoms with Gasteiger partial charge in [0, 0.05) is 24.3 Å². The Hall–Kier alpha value is -1.16. The summed E-state index contributed by atoms with van der Waals surface area (Å²) in [6.45, 7) is 6.96. The molecular weight excluding hydrogens is 246 g/mol. The molecule has 1 fully saturated rings. The summed E-state index contributed by atoms with van der Waals surface area (Å²) in [5.41, 5.74) is 0.719. The lowest BCUT2D eigenvalue weighted by Gasteiger charge is -2.40. The first-order chi connectivity index (χ1) is 9.13. The number of benzene rings is 1. The summed E-state index contributed by atoms with van der Waals surface area (Å²) in [6, 6.07) is 3.11. The fraction of sp³-hybridized carbons (Fsp3) is 0.600. The Bertz CT molecular complexity index is 405. The first-order valence-corrected chi connectivity index (χ1v) is 7.10. The van der Waals surface area contributed by atoms with Crippen molar-refractivity contribution in [2.24, 2.45) is 0 Å². The van der Waals surface area contributed by atoms with E-state index in [9.17, 15) is 8.78 Å². The van der Waals surface area contributed by atoms with E-state index in [2.05, 4.69) is 17.1 Å². The number of halogens is 2. The number of unbranched alkanes of at least 4 members (excludes halogenated alkanes) is 1. The van der Waals surface area contributed by atoms with Crippen molar-refractivity contribution in [1.29, 1.82) is 0 Å². The van der Waals surface area contributed by atoms with Crippen molar-refractivity contribution in [3.8, 4) is 0 Å².